The lowest BCUT2D eigenvalue weighted by Gasteiger charge is -1.79. The average Bonchev–Trinajstić information content (AvgIpc) is 1.68. The Hall–Kier alpha value is 0.0200. The fraction of sp³-hybridized carbons (Fsp3) is 0.750. The molecular weight excluding hydrogens is 96.1 g/mol. The van der Waals surface area contributed by atoms with E-state index in [-0.39, 0.29) is 0 Å². The van der Waals surface area contributed by atoms with Crippen molar-refractivity contribution in [1.82, 2.24) is 0 Å². The molecule has 0 heterocycles. The summed E-state index contributed by atoms with van der Waals surface area (Å²) in [6, 6.07) is 0. The first-order chi connectivity index (χ1) is 3.31. The van der Waals surface area contributed by atoms with Crippen molar-refractivity contribution in [2.45, 2.75) is 6.40 Å². The summed E-state index contributed by atoms with van der Waals surface area (Å²) in [7, 11) is 0. The van der Waals surface area contributed by atoms with Crippen molar-refractivity contribution in [3.63, 3.8) is 0 Å². The molecule has 6 heavy (non-hydrogen) atoms. The van der Waals surface area contributed by atoms with Crippen LogP contribution >= 0.6 is 11.8 Å². The minimum absolute atomic E-state index is 0.519. The third-order valence-electron chi connectivity index (χ3n) is 0.359. The number of aldehydes is 1. The monoisotopic (exact) mass is 105 g/mol. The van der Waals surface area contributed by atoms with Gasteiger partial charge in [-0.2, -0.15) is 11.8 Å². The molecule has 1 nitrogen and oxygen atoms in total. The molecule has 0 radical (unpaired) electrons. The van der Waals surface area contributed by atoms with Crippen LogP contribution in [0, 0.1) is 0 Å². The van der Waals surface area contributed by atoms with Gasteiger partial charge in [-0.1, -0.05) is 0 Å². The summed E-state index contributed by atoms with van der Waals surface area (Å²) >= 11 is 1.52. The maximum Gasteiger partial charge on any atom is 0.120 e. The van der Waals surface area contributed by atoms with Crippen LogP contribution in [0.5, 0.6) is 0 Å². The van der Waals surface area contributed by atoms with E-state index in [1.807, 2.05) is 6.26 Å². The van der Waals surface area contributed by atoms with Gasteiger partial charge in [-0.15, -0.1) is 0 Å². The van der Waals surface area contributed by atoms with E-state index < -0.39 is 6.40 Å². The summed E-state index contributed by atoms with van der Waals surface area (Å²) in [5.41, 5.74) is 0. The standard InChI is InChI=1S/C4H8OS/c1-6-4-2-3-5/h3H,2,4H2,1H3/i2D. The Bertz CT molecular complexity index is 57.7. The summed E-state index contributed by atoms with van der Waals surface area (Å²) < 4.78 is 6.83. The maximum absolute atomic E-state index is 9.69. The Balaban J connectivity index is 2.98. The minimum atomic E-state index is -0.519. The molecule has 0 aromatic heterocycles. The van der Waals surface area contributed by atoms with Gasteiger partial charge >= 0.3 is 0 Å². The topological polar surface area (TPSA) is 17.1 Å². The van der Waals surface area contributed by atoms with Gasteiger partial charge in [0.2, 0.25) is 0 Å². The van der Waals surface area contributed by atoms with Crippen molar-refractivity contribution < 1.29 is 6.17 Å². The molecule has 0 aliphatic rings. The van der Waals surface area contributed by atoms with E-state index in [2.05, 4.69) is 0 Å². The van der Waals surface area contributed by atoms with Gasteiger partial charge in [-0.3, -0.25) is 0 Å². The smallest absolute Gasteiger partial charge is 0.120 e. The summed E-state index contributed by atoms with van der Waals surface area (Å²) in [6.07, 6.45) is 2.01. The van der Waals surface area contributed by atoms with E-state index in [1.54, 1.807) is 0 Å². The zero-order valence-corrected chi connectivity index (χ0v) is 4.49. The molecule has 2 heteroatoms. The van der Waals surface area contributed by atoms with Crippen LogP contribution in [-0.4, -0.2) is 18.3 Å². The molecule has 0 aromatic rings. The normalized spacial score (nSPS) is 15.8. The number of hydrogen-bond donors (Lipinski definition) is 0. The molecule has 0 amide bonds. The molecule has 36 valence electrons. The fourth-order valence-electron chi connectivity index (χ4n) is 0.136. The Kier molecular flexibility index (Phi) is 3.50. The lowest BCUT2D eigenvalue weighted by molar-refractivity contribution is -0.107. The van der Waals surface area contributed by atoms with Gasteiger partial charge in [-0.05, 0) is 12.0 Å². The first-order valence-electron chi connectivity index (χ1n) is 2.25. The lowest BCUT2D eigenvalue weighted by atomic mass is 10.6. The molecule has 1 unspecified atom stereocenters. The predicted molar refractivity (Wildman–Crippen MR) is 29.1 cm³/mol. The lowest BCUT2D eigenvalue weighted by Crippen LogP contribution is -1.75. The summed E-state index contributed by atoms with van der Waals surface area (Å²) in [6.45, 7) is 0. The Labute approximate surface area is 43.5 Å². The van der Waals surface area contributed by atoms with Gasteiger partial charge in [0.15, 0.2) is 0 Å². The molecule has 0 spiro atoms. The van der Waals surface area contributed by atoms with E-state index in [4.69, 9.17) is 1.37 Å². The van der Waals surface area contributed by atoms with Crippen molar-refractivity contribution in [1.29, 1.82) is 0 Å². The zero-order chi connectivity index (χ0) is 5.70. The van der Waals surface area contributed by atoms with Crippen molar-refractivity contribution >= 4 is 18.0 Å². The van der Waals surface area contributed by atoms with Crippen LogP contribution in [0.15, 0.2) is 0 Å². The van der Waals surface area contributed by atoms with Crippen LogP contribution in [0.1, 0.15) is 7.77 Å². The second kappa shape index (κ2) is 5.02. The fourth-order valence-corrected chi connectivity index (χ4v) is 0.407. The van der Waals surface area contributed by atoms with E-state index in [0.717, 1.165) is 0 Å². The van der Waals surface area contributed by atoms with Crippen LogP contribution in [0.3, 0.4) is 0 Å². The highest BCUT2D eigenvalue weighted by molar-refractivity contribution is 7.98. The van der Waals surface area contributed by atoms with E-state index in [9.17, 15) is 4.79 Å². The molecular formula is C4H8OS. The van der Waals surface area contributed by atoms with Crippen molar-refractivity contribution in [2.75, 3.05) is 12.0 Å². The predicted octanol–water partition coefficient (Wildman–Crippen LogP) is 0.938. The SMILES string of the molecule is [2H]C(C=O)CSC. The van der Waals surface area contributed by atoms with E-state index in [1.165, 1.54) is 11.8 Å². The molecule has 1 atom stereocenters. The second-order valence-corrected chi connectivity index (χ2v) is 1.74. The van der Waals surface area contributed by atoms with Gasteiger partial charge in [0.1, 0.15) is 6.29 Å². The molecule has 0 saturated carbocycles. The quantitative estimate of drug-likeness (QED) is 0.497. The van der Waals surface area contributed by atoms with Gasteiger partial charge < -0.3 is 4.79 Å². The van der Waals surface area contributed by atoms with Crippen LogP contribution < -0.4 is 0 Å². The highest BCUT2D eigenvalue weighted by Crippen LogP contribution is 1.90. The molecule has 0 fully saturated rings. The van der Waals surface area contributed by atoms with E-state index in [0.29, 0.717) is 12.0 Å². The Morgan fingerprint density at radius 1 is 2.17 bits per heavy atom. The number of carbonyl (C=O) groups excluding carboxylic acids is 1. The van der Waals surface area contributed by atoms with Crippen molar-refractivity contribution in [3.8, 4) is 0 Å². The van der Waals surface area contributed by atoms with Gasteiger partial charge in [0.25, 0.3) is 0 Å². The summed E-state index contributed by atoms with van der Waals surface area (Å²) in [5, 5.41) is 0. The number of thioether (sulfide) groups is 1. The summed E-state index contributed by atoms with van der Waals surface area (Å²) in [5.74, 6) is 0.615. The Morgan fingerprint density at radius 2 is 2.83 bits per heavy atom. The maximum atomic E-state index is 9.69. The third kappa shape index (κ3) is 4.02. The second-order valence-electron chi connectivity index (χ2n) is 0.827. The highest BCUT2D eigenvalue weighted by Gasteiger charge is 1.74. The number of rotatable bonds is 3. The molecule has 0 aliphatic heterocycles. The molecule has 0 aromatic carbocycles. The third-order valence-corrected chi connectivity index (χ3v) is 0.885. The van der Waals surface area contributed by atoms with E-state index >= 15 is 0 Å². The summed E-state index contributed by atoms with van der Waals surface area (Å²) in [4.78, 5) is 9.69. The average molecular weight is 105 g/mol. The van der Waals surface area contributed by atoms with Crippen molar-refractivity contribution in [3.05, 3.63) is 0 Å². The van der Waals surface area contributed by atoms with Gasteiger partial charge in [0.05, 0.1) is 0 Å². The Morgan fingerprint density at radius 3 is 3.00 bits per heavy atom. The first-order valence-corrected chi connectivity index (χ1v) is 3.07. The first kappa shape index (κ1) is 4.19. The molecule has 0 rings (SSSR count). The molecule has 0 saturated heterocycles. The number of hydrogen-bond acceptors (Lipinski definition) is 2. The minimum Gasteiger partial charge on any atom is -0.303 e. The van der Waals surface area contributed by atoms with Crippen molar-refractivity contribution in [2.24, 2.45) is 0 Å². The highest BCUT2D eigenvalue weighted by atomic mass is 32.2. The van der Waals surface area contributed by atoms with Crippen LogP contribution in [-0.2, 0) is 4.79 Å². The molecule has 0 bridgehead atoms. The van der Waals surface area contributed by atoms with Crippen LogP contribution in [0.4, 0.5) is 0 Å². The molecule has 0 N–H and O–H groups in total. The van der Waals surface area contributed by atoms with Crippen LogP contribution in [0.2, 0.25) is 0 Å². The zero-order valence-electron chi connectivity index (χ0n) is 4.68. The van der Waals surface area contributed by atoms with Gasteiger partial charge in [-0.25, -0.2) is 0 Å². The molecule has 0 aliphatic carbocycles. The number of carbonyl (C=O) groups is 1. The van der Waals surface area contributed by atoms with Gasteiger partial charge in [0, 0.05) is 7.77 Å². The largest absolute Gasteiger partial charge is 0.303 e. The van der Waals surface area contributed by atoms with Crippen LogP contribution in [0.25, 0.3) is 0 Å².